The number of likely N-dealkylation sites (N-methyl/N-ethyl adjacent to an activating group) is 1. The number of rotatable bonds is 3. The molecule has 0 N–H and O–H groups in total. The minimum atomic E-state index is -0.637. The van der Waals surface area contributed by atoms with Gasteiger partial charge in [-0.3, -0.25) is 4.79 Å². The highest BCUT2D eigenvalue weighted by molar-refractivity contribution is 6.31. The minimum absolute atomic E-state index is 0.130. The number of amides is 1. The van der Waals surface area contributed by atoms with Gasteiger partial charge in [0.25, 0.3) is 5.91 Å². The van der Waals surface area contributed by atoms with Crippen LogP contribution in [-0.2, 0) is 11.3 Å². The van der Waals surface area contributed by atoms with E-state index >= 15 is 0 Å². The molecule has 5 heteroatoms. The molecule has 22 heavy (non-hydrogen) atoms. The van der Waals surface area contributed by atoms with Crippen molar-refractivity contribution in [2.75, 3.05) is 13.7 Å². The molecule has 114 valence electrons. The van der Waals surface area contributed by atoms with E-state index in [2.05, 4.69) is 0 Å². The van der Waals surface area contributed by atoms with E-state index in [4.69, 9.17) is 21.1 Å². The van der Waals surface area contributed by atoms with Gasteiger partial charge in [0.2, 0.25) is 6.10 Å². The quantitative estimate of drug-likeness (QED) is 0.873. The zero-order valence-electron chi connectivity index (χ0n) is 12.2. The van der Waals surface area contributed by atoms with Crippen LogP contribution in [0.2, 0.25) is 5.02 Å². The Bertz CT molecular complexity index is 689. The number of hydrogen-bond acceptors (Lipinski definition) is 3. The molecule has 0 aliphatic carbocycles. The summed E-state index contributed by atoms with van der Waals surface area (Å²) in [6.07, 6.45) is -0.637. The molecule has 1 unspecified atom stereocenters. The number of hydrogen-bond donors (Lipinski definition) is 0. The largest absolute Gasteiger partial charge is 0.485 e. The van der Waals surface area contributed by atoms with E-state index in [1.807, 2.05) is 42.5 Å². The highest BCUT2D eigenvalue weighted by Gasteiger charge is 2.29. The van der Waals surface area contributed by atoms with Crippen LogP contribution in [0.1, 0.15) is 5.56 Å². The van der Waals surface area contributed by atoms with Crippen molar-refractivity contribution in [1.29, 1.82) is 0 Å². The number of halogens is 1. The van der Waals surface area contributed by atoms with E-state index in [9.17, 15) is 4.79 Å². The standard InChI is InChI=1S/C17H16ClNO3/c1-19(10-12-6-2-3-7-13(12)18)17(20)16-11-21-14-8-4-5-9-15(14)22-16/h2-9,16H,10-11H2,1H3. The monoisotopic (exact) mass is 317 g/mol. The number of ether oxygens (including phenoxy) is 2. The lowest BCUT2D eigenvalue weighted by Crippen LogP contribution is -2.44. The summed E-state index contributed by atoms with van der Waals surface area (Å²) in [6, 6.07) is 14.8. The van der Waals surface area contributed by atoms with Crippen LogP contribution in [-0.4, -0.2) is 30.6 Å². The number of carbonyl (C=O) groups is 1. The fourth-order valence-corrected chi connectivity index (χ4v) is 2.54. The maximum absolute atomic E-state index is 12.5. The van der Waals surface area contributed by atoms with Crippen LogP contribution in [0.5, 0.6) is 11.5 Å². The Kier molecular flexibility index (Phi) is 4.20. The first kappa shape index (κ1) is 14.7. The van der Waals surface area contributed by atoms with Crippen LogP contribution in [0.4, 0.5) is 0 Å². The predicted octanol–water partition coefficient (Wildman–Crippen LogP) is 3.14. The van der Waals surface area contributed by atoms with Gasteiger partial charge in [-0.05, 0) is 23.8 Å². The summed E-state index contributed by atoms with van der Waals surface area (Å²) in [7, 11) is 1.73. The van der Waals surface area contributed by atoms with Gasteiger partial charge in [-0.2, -0.15) is 0 Å². The van der Waals surface area contributed by atoms with Crippen molar-refractivity contribution in [3.63, 3.8) is 0 Å². The Labute approximate surface area is 134 Å². The molecule has 0 saturated heterocycles. The van der Waals surface area contributed by atoms with Crippen molar-refractivity contribution in [2.45, 2.75) is 12.6 Å². The van der Waals surface area contributed by atoms with Gasteiger partial charge in [-0.1, -0.05) is 41.9 Å². The molecule has 0 radical (unpaired) electrons. The normalized spacial score (nSPS) is 16.2. The first-order valence-corrected chi connectivity index (χ1v) is 7.40. The molecular weight excluding hydrogens is 302 g/mol. The SMILES string of the molecule is CN(Cc1ccccc1Cl)C(=O)C1COc2ccccc2O1. The van der Waals surface area contributed by atoms with Gasteiger partial charge < -0.3 is 14.4 Å². The zero-order valence-corrected chi connectivity index (χ0v) is 12.9. The first-order chi connectivity index (χ1) is 10.6. The van der Waals surface area contributed by atoms with Gasteiger partial charge in [-0.25, -0.2) is 0 Å². The third-order valence-corrected chi connectivity index (χ3v) is 3.89. The van der Waals surface area contributed by atoms with Crippen LogP contribution in [0.25, 0.3) is 0 Å². The van der Waals surface area contributed by atoms with Gasteiger partial charge in [0.05, 0.1) is 0 Å². The van der Waals surface area contributed by atoms with Crippen LogP contribution >= 0.6 is 11.6 Å². The van der Waals surface area contributed by atoms with Crippen molar-refractivity contribution in [3.8, 4) is 11.5 Å². The topological polar surface area (TPSA) is 38.8 Å². The molecule has 0 fully saturated rings. The van der Waals surface area contributed by atoms with Crippen LogP contribution in [0, 0.1) is 0 Å². The molecule has 1 aliphatic heterocycles. The maximum Gasteiger partial charge on any atom is 0.267 e. The van der Waals surface area contributed by atoms with Gasteiger partial charge >= 0.3 is 0 Å². The molecule has 2 aromatic rings. The van der Waals surface area contributed by atoms with E-state index in [1.54, 1.807) is 18.0 Å². The summed E-state index contributed by atoms with van der Waals surface area (Å²) in [5.74, 6) is 1.13. The molecule has 1 atom stereocenters. The Hall–Kier alpha value is -2.20. The maximum atomic E-state index is 12.5. The second-order valence-corrected chi connectivity index (χ2v) is 5.56. The van der Waals surface area contributed by atoms with Gasteiger partial charge in [0.1, 0.15) is 6.61 Å². The molecule has 1 aliphatic rings. The molecule has 2 aromatic carbocycles. The highest BCUT2D eigenvalue weighted by Crippen LogP contribution is 2.31. The molecule has 0 bridgehead atoms. The van der Waals surface area contributed by atoms with Crippen molar-refractivity contribution in [1.82, 2.24) is 4.90 Å². The smallest absolute Gasteiger partial charge is 0.267 e. The Morgan fingerprint density at radius 1 is 1.18 bits per heavy atom. The van der Waals surface area contributed by atoms with Crippen molar-refractivity contribution in [2.24, 2.45) is 0 Å². The van der Waals surface area contributed by atoms with E-state index in [0.29, 0.717) is 23.1 Å². The number of para-hydroxylation sites is 2. The Morgan fingerprint density at radius 2 is 1.86 bits per heavy atom. The summed E-state index contributed by atoms with van der Waals surface area (Å²) < 4.78 is 11.3. The number of fused-ring (bicyclic) bond motifs is 1. The van der Waals surface area contributed by atoms with E-state index in [0.717, 1.165) is 5.56 Å². The lowest BCUT2D eigenvalue weighted by atomic mass is 10.2. The molecule has 1 amide bonds. The number of carbonyl (C=O) groups excluding carboxylic acids is 1. The Balaban J connectivity index is 1.68. The van der Waals surface area contributed by atoms with Crippen molar-refractivity contribution < 1.29 is 14.3 Å². The van der Waals surface area contributed by atoms with Crippen LogP contribution < -0.4 is 9.47 Å². The molecule has 4 nitrogen and oxygen atoms in total. The second-order valence-electron chi connectivity index (χ2n) is 5.15. The van der Waals surface area contributed by atoms with E-state index in [1.165, 1.54) is 0 Å². The average Bonchev–Trinajstić information content (AvgIpc) is 2.55. The summed E-state index contributed by atoms with van der Waals surface area (Å²) in [4.78, 5) is 14.1. The molecule has 3 rings (SSSR count). The fraction of sp³-hybridized carbons (Fsp3) is 0.235. The summed E-state index contributed by atoms with van der Waals surface area (Å²) in [5, 5.41) is 0.647. The third-order valence-electron chi connectivity index (χ3n) is 3.53. The molecule has 0 spiro atoms. The van der Waals surface area contributed by atoms with Gasteiger partial charge in [0.15, 0.2) is 11.5 Å². The average molecular weight is 318 g/mol. The first-order valence-electron chi connectivity index (χ1n) is 7.02. The Morgan fingerprint density at radius 3 is 2.64 bits per heavy atom. The zero-order chi connectivity index (χ0) is 15.5. The lowest BCUT2D eigenvalue weighted by Gasteiger charge is -2.29. The number of nitrogens with zero attached hydrogens (tertiary/aromatic N) is 1. The summed E-state index contributed by atoms with van der Waals surface area (Å²) in [6.45, 7) is 0.642. The lowest BCUT2D eigenvalue weighted by molar-refractivity contribution is -0.140. The molecule has 0 aromatic heterocycles. The van der Waals surface area contributed by atoms with E-state index < -0.39 is 6.10 Å². The van der Waals surface area contributed by atoms with Gasteiger partial charge in [0, 0.05) is 18.6 Å². The fourth-order valence-electron chi connectivity index (χ4n) is 2.35. The molecule has 1 heterocycles. The third kappa shape index (κ3) is 3.02. The van der Waals surface area contributed by atoms with Crippen molar-refractivity contribution in [3.05, 3.63) is 59.1 Å². The number of benzene rings is 2. The van der Waals surface area contributed by atoms with Crippen molar-refractivity contribution >= 4 is 17.5 Å². The minimum Gasteiger partial charge on any atom is -0.485 e. The second kappa shape index (κ2) is 6.28. The highest BCUT2D eigenvalue weighted by atomic mass is 35.5. The summed E-state index contributed by atoms with van der Waals surface area (Å²) >= 11 is 6.13. The summed E-state index contributed by atoms with van der Waals surface area (Å²) in [5.41, 5.74) is 0.900. The molecular formula is C17H16ClNO3. The van der Waals surface area contributed by atoms with Crippen LogP contribution in [0.3, 0.4) is 0 Å². The van der Waals surface area contributed by atoms with E-state index in [-0.39, 0.29) is 12.5 Å². The predicted molar refractivity (Wildman–Crippen MR) is 84.3 cm³/mol. The molecule has 0 saturated carbocycles. The van der Waals surface area contributed by atoms with Crippen LogP contribution in [0.15, 0.2) is 48.5 Å². The van der Waals surface area contributed by atoms with Gasteiger partial charge in [-0.15, -0.1) is 0 Å².